The Morgan fingerprint density at radius 2 is 1.69 bits per heavy atom. The van der Waals surface area contributed by atoms with Crippen molar-refractivity contribution in [1.29, 1.82) is 0 Å². The van der Waals surface area contributed by atoms with Crippen molar-refractivity contribution in [3.05, 3.63) is 89.5 Å². The number of benzene rings is 3. The maximum Gasteiger partial charge on any atom is 0.347 e. The average molecular weight is 589 g/mol. The molecular weight excluding hydrogens is 548 g/mol. The van der Waals surface area contributed by atoms with Crippen LogP contribution < -0.4 is 9.47 Å². The van der Waals surface area contributed by atoms with Crippen LogP contribution in [0.2, 0.25) is 0 Å². The number of carboxylic acid groups (broad SMARTS) is 1. The van der Waals surface area contributed by atoms with Gasteiger partial charge in [-0.2, -0.15) is 0 Å². The number of thioether (sulfide) groups is 1. The van der Waals surface area contributed by atoms with E-state index in [0.717, 1.165) is 47.3 Å². The molecule has 1 fully saturated rings. The van der Waals surface area contributed by atoms with E-state index in [1.807, 2.05) is 73.8 Å². The molecule has 4 rings (SSSR count). The van der Waals surface area contributed by atoms with Crippen LogP contribution in [0.3, 0.4) is 0 Å². The number of para-hydroxylation sites is 1. The molecule has 1 aliphatic carbocycles. The van der Waals surface area contributed by atoms with Gasteiger partial charge >= 0.3 is 11.9 Å². The van der Waals surface area contributed by atoms with Gasteiger partial charge in [0.25, 0.3) is 0 Å². The summed E-state index contributed by atoms with van der Waals surface area (Å²) in [5.74, 6) is -0.0795. The molecule has 0 amide bonds. The Labute approximate surface area is 252 Å². The maximum atomic E-state index is 13.9. The number of aryl methyl sites for hydroxylation is 1. The fraction of sp³-hybridized carbons (Fsp3) is 0.400. The smallest absolute Gasteiger partial charge is 0.347 e. The van der Waals surface area contributed by atoms with E-state index in [9.17, 15) is 19.5 Å². The molecule has 0 heterocycles. The largest absolute Gasteiger partial charge is 0.478 e. The third-order valence-corrected chi connectivity index (χ3v) is 8.84. The van der Waals surface area contributed by atoms with Crippen molar-refractivity contribution in [2.45, 2.75) is 69.8 Å². The van der Waals surface area contributed by atoms with E-state index in [4.69, 9.17) is 9.47 Å². The number of carbonyl (C=O) groups excluding carboxylic acids is 2. The second-order valence-corrected chi connectivity index (χ2v) is 12.6. The molecule has 1 aliphatic rings. The van der Waals surface area contributed by atoms with E-state index in [1.54, 1.807) is 23.9 Å². The van der Waals surface area contributed by atoms with Gasteiger partial charge in [0.15, 0.2) is 11.4 Å². The summed E-state index contributed by atoms with van der Waals surface area (Å²) >= 11 is 1.65. The Hall–Kier alpha value is -3.58. The minimum atomic E-state index is -1.35. The molecule has 0 radical (unpaired) electrons. The van der Waals surface area contributed by atoms with Crippen molar-refractivity contribution < 1.29 is 29.0 Å². The van der Waals surface area contributed by atoms with E-state index < -0.39 is 11.6 Å². The van der Waals surface area contributed by atoms with E-state index in [2.05, 4.69) is 0 Å². The van der Waals surface area contributed by atoms with E-state index in [1.165, 1.54) is 13.8 Å². The highest BCUT2D eigenvalue weighted by Crippen LogP contribution is 2.39. The highest BCUT2D eigenvalue weighted by atomic mass is 32.2. The Morgan fingerprint density at radius 3 is 2.33 bits per heavy atom. The molecule has 3 aromatic carbocycles. The van der Waals surface area contributed by atoms with Gasteiger partial charge in [-0.3, -0.25) is 9.59 Å². The number of rotatable bonds is 11. The molecular formula is C35H40O6S. The molecule has 0 spiro atoms. The minimum absolute atomic E-state index is 0.0383. The molecule has 1 unspecified atom stereocenters. The second kappa shape index (κ2) is 14.1. The molecule has 0 bridgehead atoms. The van der Waals surface area contributed by atoms with E-state index >= 15 is 0 Å². The second-order valence-electron chi connectivity index (χ2n) is 11.7. The van der Waals surface area contributed by atoms with Gasteiger partial charge in [-0.05, 0) is 106 Å². The molecule has 3 aromatic rings. The highest BCUT2D eigenvalue weighted by Gasteiger charge is 2.35. The van der Waals surface area contributed by atoms with Crippen molar-refractivity contribution in [2.24, 2.45) is 17.8 Å². The Bertz CT molecular complexity index is 1380. The number of ketones is 1. The van der Waals surface area contributed by atoms with Gasteiger partial charge in [-0.25, -0.2) is 4.79 Å². The van der Waals surface area contributed by atoms with Crippen molar-refractivity contribution in [3.8, 4) is 11.5 Å². The quantitative estimate of drug-likeness (QED) is 0.0803. The van der Waals surface area contributed by atoms with Gasteiger partial charge in [0, 0.05) is 22.8 Å². The molecule has 6 nitrogen and oxygen atoms in total. The van der Waals surface area contributed by atoms with Crippen LogP contribution in [-0.4, -0.2) is 34.7 Å². The van der Waals surface area contributed by atoms with Crippen LogP contribution in [-0.2, 0) is 16.0 Å². The number of hydrogen-bond acceptors (Lipinski definition) is 6. The van der Waals surface area contributed by atoms with Gasteiger partial charge in [-0.15, -0.1) is 11.8 Å². The zero-order valence-corrected chi connectivity index (χ0v) is 25.6. The maximum absolute atomic E-state index is 13.9. The van der Waals surface area contributed by atoms with Crippen LogP contribution in [0.25, 0.3) is 0 Å². The summed E-state index contributed by atoms with van der Waals surface area (Å²) in [5, 5.41) is 9.47. The van der Waals surface area contributed by atoms with E-state index in [-0.39, 0.29) is 29.5 Å². The first kappa shape index (κ1) is 31.4. The number of carboxylic acids is 1. The van der Waals surface area contributed by atoms with Crippen LogP contribution in [0.5, 0.6) is 11.5 Å². The van der Waals surface area contributed by atoms with Gasteiger partial charge < -0.3 is 14.6 Å². The van der Waals surface area contributed by atoms with Crippen LogP contribution >= 0.6 is 11.8 Å². The minimum Gasteiger partial charge on any atom is -0.478 e. The number of esters is 1. The van der Waals surface area contributed by atoms with Crippen LogP contribution in [0.4, 0.5) is 0 Å². The summed E-state index contributed by atoms with van der Waals surface area (Å²) in [5.41, 5.74) is 1.27. The molecule has 3 atom stereocenters. The van der Waals surface area contributed by atoms with Gasteiger partial charge in [0.2, 0.25) is 0 Å². The van der Waals surface area contributed by atoms with Crippen LogP contribution in [0.1, 0.15) is 67.4 Å². The fourth-order valence-electron chi connectivity index (χ4n) is 5.77. The van der Waals surface area contributed by atoms with Gasteiger partial charge in [0.05, 0.1) is 0 Å². The Morgan fingerprint density at radius 1 is 0.976 bits per heavy atom. The standard InChI is InChI=1S/C35H40O6S/c1-23-19-25(13-18-31(23)41-35(2,3)34(38)39)21-27-20-24(22-32(36)40-28-10-6-5-7-11-28)9-8-12-30(27)33(37)26-14-16-29(42-4)17-15-26/h5-7,10-11,13-19,24,27,30H,8-9,12,20-22H2,1-4H3,(H,38,39)/t24?,27-,30+/m0/s1. The summed E-state index contributed by atoms with van der Waals surface area (Å²) in [6.07, 6.45) is 6.25. The first-order valence-corrected chi connectivity index (χ1v) is 15.7. The normalized spacial score (nSPS) is 19.0. The number of hydrogen-bond donors (Lipinski definition) is 1. The van der Waals surface area contributed by atoms with Crippen molar-refractivity contribution in [2.75, 3.05) is 6.26 Å². The first-order valence-electron chi connectivity index (χ1n) is 14.5. The van der Waals surface area contributed by atoms with E-state index in [0.29, 0.717) is 24.3 Å². The van der Waals surface area contributed by atoms with Crippen molar-refractivity contribution >= 4 is 29.5 Å². The first-order chi connectivity index (χ1) is 20.1. The van der Waals surface area contributed by atoms with Gasteiger partial charge in [0.1, 0.15) is 11.5 Å². The van der Waals surface area contributed by atoms with Crippen LogP contribution in [0.15, 0.2) is 77.7 Å². The summed E-state index contributed by atoms with van der Waals surface area (Å²) < 4.78 is 11.4. The molecule has 42 heavy (non-hydrogen) atoms. The average Bonchev–Trinajstić information content (AvgIpc) is 3.16. The Kier molecular flexibility index (Phi) is 10.5. The van der Waals surface area contributed by atoms with Crippen LogP contribution in [0, 0.1) is 24.7 Å². The third-order valence-electron chi connectivity index (χ3n) is 8.09. The van der Waals surface area contributed by atoms with Crippen molar-refractivity contribution in [3.63, 3.8) is 0 Å². The lowest BCUT2D eigenvalue weighted by atomic mass is 9.77. The lowest BCUT2D eigenvalue weighted by molar-refractivity contribution is -0.152. The number of ether oxygens (including phenoxy) is 2. The summed E-state index contributed by atoms with van der Waals surface area (Å²) in [4.78, 5) is 39.4. The molecule has 0 aliphatic heterocycles. The number of carbonyl (C=O) groups is 3. The molecule has 1 saturated carbocycles. The molecule has 222 valence electrons. The number of aliphatic carboxylic acids is 1. The fourth-order valence-corrected chi connectivity index (χ4v) is 6.18. The summed E-state index contributed by atoms with van der Waals surface area (Å²) in [6.45, 7) is 4.96. The molecule has 0 aromatic heterocycles. The van der Waals surface area contributed by atoms with Gasteiger partial charge in [-0.1, -0.05) is 48.9 Å². The topological polar surface area (TPSA) is 89.9 Å². The lowest BCUT2D eigenvalue weighted by Crippen LogP contribution is -2.38. The lowest BCUT2D eigenvalue weighted by Gasteiger charge is -2.27. The zero-order valence-electron chi connectivity index (χ0n) is 24.8. The molecule has 7 heteroatoms. The zero-order chi connectivity index (χ0) is 30.3. The van der Waals surface area contributed by atoms with Crippen molar-refractivity contribution in [1.82, 2.24) is 0 Å². The summed E-state index contributed by atoms with van der Waals surface area (Å²) in [7, 11) is 0. The Balaban J connectivity index is 1.55. The SMILES string of the molecule is CSc1ccc(C(=O)[C@@H]2CCCC(CC(=O)Oc3ccccc3)C[C@H]2Cc2ccc(OC(C)(C)C(=O)O)c(C)c2)cc1. The number of Topliss-reactive ketones (excluding diaryl/α,β-unsaturated/α-hetero) is 1. The third kappa shape index (κ3) is 8.25. The molecule has 1 N–H and O–H groups in total. The summed E-state index contributed by atoms with van der Waals surface area (Å²) in [6, 6.07) is 22.7. The monoisotopic (exact) mass is 588 g/mol. The highest BCUT2D eigenvalue weighted by molar-refractivity contribution is 7.98. The molecule has 0 saturated heterocycles. The predicted octanol–water partition coefficient (Wildman–Crippen LogP) is 7.80. The predicted molar refractivity (Wildman–Crippen MR) is 165 cm³/mol.